The number of carboxylic acid groups (broad SMARTS) is 1. The highest BCUT2D eigenvalue weighted by Gasteiger charge is 2.41. The highest BCUT2D eigenvalue weighted by molar-refractivity contribution is 6.34. The van der Waals surface area contributed by atoms with Gasteiger partial charge in [0, 0.05) is 28.2 Å². The van der Waals surface area contributed by atoms with Crippen LogP contribution in [0.2, 0.25) is 10.0 Å². The van der Waals surface area contributed by atoms with Crippen molar-refractivity contribution in [2.75, 3.05) is 0 Å². The molecule has 8 nitrogen and oxygen atoms in total. The molecule has 0 spiro atoms. The normalized spacial score (nSPS) is 16.6. The molecule has 0 saturated carbocycles. The van der Waals surface area contributed by atoms with Crippen molar-refractivity contribution in [3.05, 3.63) is 112 Å². The lowest BCUT2D eigenvalue weighted by atomic mass is 9.74. The van der Waals surface area contributed by atoms with Gasteiger partial charge in [0.2, 0.25) is 0 Å². The predicted molar refractivity (Wildman–Crippen MR) is 149 cm³/mol. The van der Waals surface area contributed by atoms with E-state index in [0.717, 1.165) is 16.6 Å². The number of amides is 1. The summed E-state index contributed by atoms with van der Waals surface area (Å²) in [4.78, 5) is 25.5. The number of hydrogen-bond acceptors (Lipinski definition) is 4. The number of hydrogen-bond donors (Lipinski definition) is 2. The van der Waals surface area contributed by atoms with Gasteiger partial charge in [-0.3, -0.25) is 14.2 Å². The number of fused-ring (bicyclic) bond motifs is 3. The molecular weight excluding hydrogens is 556 g/mol. The van der Waals surface area contributed by atoms with Gasteiger partial charge >= 0.3 is 5.97 Å². The van der Waals surface area contributed by atoms with Gasteiger partial charge in [-0.25, -0.2) is 4.39 Å². The van der Waals surface area contributed by atoms with E-state index in [-0.39, 0.29) is 17.1 Å². The third-order valence-corrected chi connectivity index (χ3v) is 8.00. The van der Waals surface area contributed by atoms with Crippen LogP contribution in [0.3, 0.4) is 0 Å². The number of carbonyl (C=O) groups is 2. The zero-order valence-corrected chi connectivity index (χ0v) is 22.5. The summed E-state index contributed by atoms with van der Waals surface area (Å²) < 4.78 is 17.9. The summed E-state index contributed by atoms with van der Waals surface area (Å²) in [6.45, 7) is -0.222. The molecule has 0 aliphatic heterocycles. The maximum atomic E-state index is 14.5. The zero-order valence-electron chi connectivity index (χ0n) is 20.9. The van der Waals surface area contributed by atoms with Crippen LogP contribution in [0.15, 0.2) is 73.3 Å². The highest BCUT2D eigenvalue weighted by atomic mass is 35.5. The summed E-state index contributed by atoms with van der Waals surface area (Å²) in [6, 6.07) is 16.6. The molecule has 6 rings (SSSR count). The topological polar surface area (TPSA) is 102 Å². The Labute approximate surface area is 238 Å². The summed E-state index contributed by atoms with van der Waals surface area (Å²) in [5.41, 5.74) is 3.03. The van der Waals surface area contributed by atoms with E-state index in [2.05, 4.69) is 15.5 Å². The molecule has 0 bridgehead atoms. The predicted octanol–water partition coefficient (Wildman–Crippen LogP) is 5.57. The van der Waals surface area contributed by atoms with Gasteiger partial charge in [0.15, 0.2) is 0 Å². The molecule has 11 heteroatoms. The second kappa shape index (κ2) is 10.1. The van der Waals surface area contributed by atoms with Crippen LogP contribution in [0.25, 0.3) is 16.6 Å². The first kappa shape index (κ1) is 26.0. The zero-order chi connectivity index (χ0) is 28.0. The summed E-state index contributed by atoms with van der Waals surface area (Å²) in [5.74, 6) is -1.81. The fourth-order valence-electron chi connectivity index (χ4n) is 5.65. The Balaban J connectivity index is 1.43. The molecule has 40 heavy (non-hydrogen) atoms. The molecule has 2 aromatic heterocycles. The van der Waals surface area contributed by atoms with E-state index in [9.17, 15) is 19.1 Å². The lowest BCUT2D eigenvalue weighted by molar-refractivity contribution is -0.137. The average molecular weight is 578 g/mol. The monoisotopic (exact) mass is 577 g/mol. The van der Waals surface area contributed by atoms with Gasteiger partial charge < -0.3 is 15.0 Å². The molecule has 3 aromatic carbocycles. The number of carboxylic acids is 1. The summed E-state index contributed by atoms with van der Waals surface area (Å²) >= 11 is 12.8. The Kier molecular flexibility index (Phi) is 6.56. The van der Waals surface area contributed by atoms with Crippen molar-refractivity contribution in [1.82, 2.24) is 24.6 Å². The quantitative estimate of drug-likeness (QED) is 0.275. The van der Waals surface area contributed by atoms with E-state index in [1.54, 1.807) is 51.6 Å². The van der Waals surface area contributed by atoms with Crippen LogP contribution in [0.5, 0.6) is 0 Å². The average Bonchev–Trinajstić information content (AvgIpc) is 3.55. The van der Waals surface area contributed by atoms with Crippen LogP contribution in [0.4, 0.5) is 4.39 Å². The fourth-order valence-corrected chi connectivity index (χ4v) is 6.07. The second-order valence-electron chi connectivity index (χ2n) is 9.82. The van der Waals surface area contributed by atoms with Gasteiger partial charge in [-0.2, -0.15) is 0 Å². The van der Waals surface area contributed by atoms with Crippen molar-refractivity contribution >= 4 is 46.0 Å². The molecule has 0 radical (unpaired) electrons. The highest BCUT2D eigenvalue weighted by Crippen LogP contribution is 2.42. The Morgan fingerprint density at radius 1 is 1.05 bits per heavy atom. The van der Waals surface area contributed by atoms with E-state index in [0.29, 0.717) is 41.1 Å². The van der Waals surface area contributed by atoms with Crippen molar-refractivity contribution in [1.29, 1.82) is 0 Å². The van der Waals surface area contributed by atoms with E-state index >= 15 is 0 Å². The first-order chi connectivity index (χ1) is 19.2. The van der Waals surface area contributed by atoms with E-state index in [1.807, 2.05) is 6.07 Å². The first-order valence-electron chi connectivity index (χ1n) is 12.5. The molecular formula is C29H22Cl2FN5O3. The van der Waals surface area contributed by atoms with Crippen molar-refractivity contribution < 1.29 is 19.1 Å². The minimum Gasteiger partial charge on any atom is -0.480 e. The number of aliphatic carboxylic acids is 1. The van der Waals surface area contributed by atoms with Crippen LogP contribution in [-0.2, 0) is 29.7 Å². The standard InChI is InChI=1S/C29H22Cl2FN5O3/c30-18-4-6-21-23-13-29(17-2-1-3-19(32)10-17,9-8-25(23)37(14-27(38)39)26(21)11-18)35-28(40)22-7-5-20(12-24(22)31)36-15-33-34-16-36/h1-7,10-12,15-16H,8-9,13-14H2,(H,35,40)(H,38,39)/t29-/m1/s1. The Morgan fingerprint density at radius 2 is 1.85 bits per heavy atom. The number of halogens is 3. The summed E-state index contributed by atoms with van der Waals surface area (Å²) in [6.07, 6.45) is 4.23. The molecule has 202 valence electrons. The molecule has 2 heterocycles. The third kappa shape index (κ3) is 4.61. The van der Waals surface area contributed by atoms with Crippen LogP contribution in [0, 0.1) is 5.82 Å². The third-order valence-electron chi connectivity index (χ3n) is 7.45. The Bertz CT molecular complexity index is 1790. The van der Waals surface area contributed by atoms with Gasteiger partial charge in [0.25, 0.3) is 5.91 Å². The smallest absolute Gasteiger partial charge is 0.323 e. The van der Waals surface area contributed by atoms with Gasteiger partial charge in [0.05, 0.1) is 21.6 Å². The maximum absolute atomic E-state index is 14.5. The van der Waals surface area contributed by atoms with E-state index in [1.165, 1.54) is 24.8 Å². The van der Waals surface area contributed by atoms with Crippen LogP contribution >= 0.6 is 23.2 Å². The molecule has 1 amide bonds. The van der Waals surface area contributed by atoms with Crippen LogP contribution in [0.1, 0.15) is 33.6 Å². The lowest BCUT2D eigenvalue weighted by Gasteiger charge is -2.39. The number of nitrogens with zero attached hydrogens (tertiary/aromatic N) is 4. The second-order valence-corrected chi connectivity index (χ2v) is 10.7. The van der Waals surface area contributed by atoms with Crippen molar-refractivity contribution in [3.8, 4) is 5.69 Å². The molecule has 0 unspecified atom stereocenters. The minimum atomic E-state index is -0.982. The van der Waals surface area contributed by atoms with Crippen molar-refractivity contribution in [2.45, 2.75) is 31.3 Å². The molecule has 1 aliphatic rings. The number of carbonyl (C=O) groups excluding carboxylic acids is 1. The minimum absolute atomic E-state index is 0.222. The fraction of sp³-hybridized carbons (Fsp3) is 0.172. The van der Waals surface area contributed by atoms with E-state index < -0.39 is 23.2 Å². The van der Waals surface area contributed by atoms with Crippen LogP contribution < -0.4 is 5.32 Å². The van der Waals surface area contributed by atoms with Gasteiger partial charge in [0.1, 0.15) is 25.0 Å². The molecule has 5 aromatic rings. The van der Waals surface area contributed by atoms with E-state index in [4.69, 9.17) is 23.2 Å². The number of benzene rings is 3. The Hall–Kier alpha value is -4.21. The number of nitrogens with one attached hydrogen (secondary N) is 1. The molecule has 1 atom stereocenters. The summed E-state index contributed by atoms with van der Waals surface area (Å²) in [5, 5.41) is 21.9. The van der Waals surface area contributed by atoms with Gasteiger partial charge in [-0.05, 0) is 66.4 Å². The summed E-state index contributed by atoms with van der Waals surface area (Å²) in [7, 11) is 0. The molecule has 0 saturated heterocycles. The van der Waals surface area contributed by atoms with Crippen LogP contribution in [-0.4, -0.2) is 36.3 Å². The molecule has 0 fully saturated rings. The maximum Gasteiger partial charge on any atom is 0.323 e. The first-order valence-corrected chi connectivity index (χ1v) is 13.2. The molecule has 1 aliphatic carbocycles. The molecule has 2 N–H and O–H groups in total. The number of aromatic nitrogens is 4. The SMILES string of the molecule is O=C(O)Cn1c2c(c3ccc(Cl)cc31)C[C@@](NC(=O)c1ccc(-n3cnnc3)cc1Cl)(c1cccc(F)c1)CC2. The van der Waals surface area contributed by atoms with Gasteiger partial charge in [-0.15, -0.1) is 10.2 Å². The van der Waals surface area contributed by atoms with Gasteiger partial charge in [-0.1, -0.05) is 41.4 Å². The van der Waals surface area contributed by atoms with Crippen molar-refractivity contribution in [2.24, 2.45) is 0 Å². The number of rotatable bonds is 6. The lowest BCUT2D eigenvalue weighted by Crippen LogP contribution is -2.50. The Morgan fingerprint density at radius 3 is 2.58 bits per heavy atom. The van der Waals surface area contributed by atoms with Crippen molar-refractivity contribution in [3.63, 3.8) is 0 Å². The largest absolute Gasteiger partial charge is 0.480 e.